The molecular weight excluding hydrogens is 130 g/mol. The van der Waals surface area contributed by atoms with Crippen LogP contribution in [0.15, 0.2) is 10.3 Å². The summed E-state index contributed by atoms with van der Waals surface area (Å²) in [4.78, 5) is 0. The number of amidine groups is 1. The van der Waals surface area contributed by atoms with Crippen molar-refractivity contribution in [1.82, 2.24) is 5.32 Å². The summed E-state index contributed by atoms with van der Waals surface area (Å²) in [7, 11) is 0. The maximum Gasteiger partial charge on any atom is 0.162 e. The van der Waals surface area contributed by atoms with E-state index >= 15 is 0 Å². The molecule has 1 aliphatic rings. The summed E-state index contributed by atoms with van der Waals surface area (Å²) >= 11 is 0. The number of nitrogens with one attached hydrogen (secondary N) is 2. The zero-order valence-electron chi connectivity index (χ0n) is 5.67. The first-order chi connectivity index (χ1) is 4.84. The average molecular weight is 141 g/mol. The van der Waals surface area contributed by atoms with E-state index in [0.29, 0.717) is 0 Å². The van der Waals surface area contributed by atoms with Gasteiger partial charge in [-0.25, -0.2) is 0 Å². The Balaban J connectivity index is 2.40. The van der Waals surface area contributed by atoms with Crippen LogP contribution in [0.2, 0.25) is 0 Å². The summed E-state index contributed by atoms with van der Waals surface area (Å²) in [5.41, 5.74) is 0. The maximum absolute atomic E-state index is 7.28. The van der Waals surface area contributed by atoms with Crippen LogP contribution in [0.4, 0.5) is 0 Å². The normalized spacial score (nSPS) is 25.8. The average Bonchev–Trinajstić information content (AvgIpc) is 2.38. The molecule has 1 fully saturated rings. The standard InChI is InChI=1S/C5H11N5/c6-5(9-10-7)4-2-1-3-8-4/h4,8H,1-3H2,(H3,6,7,9)/t4-/m0/s1. The molecule has 0 radical (unpaired) electrons. The zero-order chi connectivity index (χ0) is 7.40. The van der Waals surface area contributed by atoms with Gasteiger partial charge in [0.15, 0.2) is 5.84 Å². The predicted molar refractivity (Wildman–Crippen MR) is 37.8 cm³/mol. The van der Waals surface area contributed by atoms with Gasteiger partial charge in [-0.3, -0.25) is 5.41 Å². The third-order valence-corrected chi connectivity index (χ3v) is 1.56. The van der Waals surface area contributed by atoms with Crippen LogP contribution in [-0.4, -0.2) is 18.4 Å². The highest BCUT2D eigenvalue weighted by Gasteiger charge is 2.18. The van der Waals surface area contributed by atoms with E-state index in [1.165, 1.54) is 0 Å². The Labute approximate surface area is 59.2 Å². The van der Waals surface area contributed by atoms with Crippen molar-refractivity contribution < 1.29 is 0 Å². The lowest BCUT2D eigenvalue weighted by atomic mass is 10.2. The Morgan fingerprint density at radius 2 is 2.50 bits per heavy atom. The van der Waals surface area contributed by atoms with Crippen LogP contribution in [0.25, 0.3) is 0 Å². The van der Waals surface area contributed by atoms with Gasteiger partial charge in [-0.15, -0.1) is 5.11 Å². The number of nitrogens with zero attached hydrogens (tertiary/aromatic N) is 2. The molecule has 1 atom stereocenters. The van der Waals surface area contributed by atoms with Crippen LogP contribution in [0.1, 0.15) is 12.8 Å². The molecule has 56 valence electrons. The predicted octanol–water partition coefficient (Wildman–Crippen LogP) is 0.0416. The Morgan fingerprint density at radius 3 is 3.00 bits per heavy atom. The molecule has 1 aliphatic heterocycles. The SMILES string of the molecule is N=C(N=NN)[C@@H]1CCCN1. The van der Waals surface area contributed by atoms with Gasteiger partial charge in [0.25, 0.3) is 0 Å². The summed E-state index contributed by atoms with van der Waals surface area (Å²) in [6.45, 7) is 0.965. The zero-order valence-corrected chi connectivity index (χ0v) is 5.67. The first-order valence-corrected chi connectivity index (χ1v) is 3.27. The second-order valence-electron chi connectivity index (χ2n) is 2.25. The fourth-order valence-electron chi connectivity index (χ4n) is 1.05. The number of nitrogens with two attached hydrogens (primary N) is 1. The van der Waals surface area contributed by atoms with Gasteiger partial charge < -0.3 is 11.2 Å². The molecule has 1 rings (SSSR count). The van der Waals surface area contributed by atoms with E-state index in [1.54, 1.807) is 0 Å². The number of hydrogen-bond donors (Lipinski definition) is 3. The first-order valence-electron chi connectivity index (χ1n) is 3.27. The molecule has 0 unspecified atom stereocenters. The molecule has 0 amide bonds. The van der Waals surface area contributed by atoms with Crippen molar-refractivity contribution in [3.8, 4) is 0 Å². The molecule has 0 aromatic rings. The molecule has 0 spiro atoms. The molecule has 0 aromatic carbocycles. The highest BCUT2D eigenvalue weighted by Crippen LogP contribution is 2.06. The van der Waals surface area contributed by atoms with Gasteiger partial charge in [-0.1, -0.05) is 5.22 Å². The first kappa shape index (κ1) is 7.14. The quantitative estimate of drug-likeness (QED) is 0.158. The van der Waals surface area contributed by atoms with Gasteiger partial charge in [0.05, 0.1) is 6.04 Å². The molecule has 0 saturated carbocycles. The molecular formula is C5H11N5. The van der Waals surface area contributed by atoms with Crippen molar-refractivity contribution in [2.24, 2.45) is 16.2 Å². The summed E-state index contributed by atoms with van der Waals surface area (Å²) in [6, 6.07) is 0.0762. The number of rotatable bonds is 1. The molecule has 5 nitrogen and oxygen atoms in total. The Kier molecular flexibility index (Phi) is 2.33. The van der Waals surface area contributed by atoms with Gasteiger partial charge in [-0.2, -0.15) is 0 Å². The molecule has 0 bridgehead atoms. The maximum atomic E-state index is 7.28. The molecule has 10 heavy (non-hydrogen) atoms. The van der Waals surface area contributed by atoms with Crippen LogP contribution in [0.3, 0.4) is 0 Å². The van der Waals surface area contributed by atoms with Gasteiger partial charge in [-0.05, 0) is 19.4 Å². The minimum absolute atomic E-state index is 0.0762. The van der Waals surface area contributed by atoms with Crippen molar-refractivity contribution in [1.29, 1.82) is 5.41 Å². The molecule has 0 aromatic heterocycles. The highest BCUT2D eigenvalue weighted by molar-refractivity contribution is 5.85. The molecule has 5 heteroatoms. The van der Waals surface area contributed by atoms with Crippen molar-refractivity contribution >= 4 is 5.84 Å². The fraction of sp³-hybridized carbons (Fsp3) is 0.800. The minimum Gasteiger partial charge on any atom is -0.307 e. The Morgan fingerprint density at radius 1 is 1.70 bits per heavy atom. The fourth-order valence-corrected chi connectivity index (χ4v) is 1.05. The summed E-state index contributed by atoms with van der Waals surface area (Å²) in [6.07, 6.45) is 2.07. The summed E-state index contributed by atoms with van der Waals surface area (Å²) in [5, 5.41) is 16.9. The molecule has 0 aliphatic carbocycles. The summed E-state index contributed by atoms with van der Waals surface area (Å²) < 4.78 is 0. The third kappa shape index (κ3) is 1.51. The van der Waals surface area contributed by atoms with Crippen LogP contribution in [0, 0.1) is 5.41 Å². The van der Waals surface area contributed by atoms with Crippen LogP contribution >= 0.6 is 0 Å². The van der Waals surface area contributed by atoms with E-state index in [0.717, 1.165) is 19.4 Å². The van der Waals surface area contributed by atoms with Gasteiger partial charge in [0.2, 0.25) is 0 Å². The lowest BCUT2D eigenvalue weighted by molar-refractivity contribution is 0.745. The number of hydrogen-bond acceptors (Lipinski definition) is 3. The van der Waals surface area contributed by atoms with Crippen molar-refractivity contribution in [3.05, 3.63) is 0 Å². The second-order valence-corrected chi connectivity index (χ2v) is 2.25. The minimum atomic E-state index is 0.0762. The lowest BCUT2D eigenvalue weighted by Gasteiger charge is -2.04. The molecule has 1 heterocycles. The van der Waals surface area contributed by atoms with E-state index in [9.17, 15) is 0 Å². The van der Waals surface area contributed by atoms with Crippen molar-refractivity contribution in [2.75, 3.05) is 6.54 Å². The smallest absolute Gasteiger partial charge is 0.162 e. The van der Waals surface area contributed by atoms with E-state index in [1.807, 2.05) is 0 Å². The largest absolute Gasteiger partial charge is 0.307 e. The van der Waals surface area contributed by atoms with Crippen LogP contribution < -0.4 is 11.2 Å². The van der Waals surface area contributed by atoms with E-state index < -0.39 is 0 Å². The Bertz CT molecular complexity index is 146. The van der Waals surface area contributed by atoms with Gasteiger partial charge >= 0.3 is 0 Å². The molecule has 1 saturated heterocycles. The molecule has 4 N–H and O–H groups in total. The monoisotopic (exact) mass is 141 g/mol. The van der Waals surface area contributed by atoms with E-state index in [2.05, 4.69) is 15.7 Å². The van der Waals surface area contributed by atoms with Gasteiger partial charge in [0, 0.05) is 0 Å². The Hall–Kier alpha value is -0.970. The van der Waals surface area contributed by atoms with Crippen molar-refractivity contribution in [2.45, 2.75) is 18.9 Å². The van der Waals surface area contributed by atoms with Crippen LogP contribution in [0.5, 0.6) is 0 Å². The van der Waals surface area contributed by atoms with Gasteiger partial charge in [0.1, 0.15) is 0 Å². The lowest BCUT2D eigenvalue weighted by Crippen LogP contribution is -2.28. The van der Waals surface area contributed by atoms with Crippen molar-refractivity contribution in [3.63, 3.8) is 0 Å². The topological polar surface area (TPSA) is 86.6 Å². The summed E-state index contributed by atoms with van der Waals surface area (Å²) in [5.74, 6) is 5.02. The second kappa shape index (κ2) is 3.26. The van der Waals surface area contributed by atoms with E-state index in [4.69, 9.17) is 11.3 Å². The van der Waals surface area contributed by atoms with E-state index in [-0.39, 0.29) is 11.9 Å². The highest BCUT2D eigenvalue weighted by atomic mass is 15.3. The third-order valence-electron chi connectivity index (χ3n) is 1.56. The van der Waals surface area contributed by atoms with Crippen LogP contribution in [-0.2, 0) is 0 Å².